The molecular formula is C14H15NO4S. The number of para-hydroxylation sites is 1. The molecule has 0 radical (unpaired) electrons. The van der Waals surface area contributed by atoms with Crippen LogP contribution < -0.4 is 4.31 Å². The van der Waals surface area contributed by atoms with Crippen molar-refractivity contribution in [3.63, 3.8) is 0 Å². The quantitative estimate of drug-likeness (QED) is 0.821. The molecule has 6 heteroatoms. The largest absolute Gasteiger partial charge is 0.395 e. The van der Waals surface area contributed by atoms with Crippen molar-refractivity contribution in [2.75, 3.05) is 10.9 Å². The molecule has 1 aliphatic heterocycles. The third kappa shape index (κ3) is 1.99. The first-order valence-electron chi connectivity index (χ1n) is 6.12. The average molecular weight is 293 g/mol. The van der Waals surface area contributed by atoms with E-state index in [2.05, 4.69) is 11.8 Å². The van der Waals surface area contributed by atoms with E-state index in [0.29, 0.717) is 12.0 Å². The SMILES string of the molecule is CC1(C)C(=O)N(c2ccccc2C#CCCO)S1(=O)=O. The minimum atomic E-state index is -3.69. The summed E-state index contributed by atoms with van der Waals surface area (Å²) in [4.78, 5) is 12.0. The van der Waals surface area contributed by atoms with E-state index >= 15 is 0 Å². The van der Waals surface area contributed by atoms with E-state index in [9.17, 15) is 13.2 Å². The van der Waals surface area contributed by atoms with E-state index < -0.39 is 20.7 Å². The summed E-state index contributed by atoms with van der Waals surface area (Å²) in [6.07, 6.45) is 0.292. The maximum absolute atomic E-state index is 12.2. The molecule has 1 N–H and O–H groups in total. The summed E-state index contributed by atoms with van der Waals surface area (Å²) < 4.78 is 23.8. The lowest BCUT2D eigenvalue weighted by molar-refractivity contribution is -0.120. The molecule has 1 fully saturated rings. The van der Waals surface area contributed by atoms with Crippen molar-refractivity contribution in [2.24, 2.45) is 0 Å². The molecular weight excluding hydrogens is 278 g/mol. The number of hydrogen-bond donors (Lipinski definition) is 1. The number of carbonyl (C=O) groups excluding carboxylic acids is 1. The molecule has 0 atom stereocenters. The third-order valence-electron chi connectivity index (χ3n) is 3.17. The van der Waals surface area contributed by atoms with Crippen molar-refractivity contribution in [1.82, 2.24) is 0 Å². The van der Waals surface area contributed by atoms with Gasteiger partial charge < -0.3 is 5.11 Å². The molecule has 5 nitrogen and oxygen atoms in total. The third-order valence-corrected chi connectivity index (χ3v) is 5.48. The monoisotopic (exact) mass is 293 g/mol. The Morgan fingerprint density at radius 3 is 2.55 bits per heavy atom. The zero-order valence-electron chi connectivity index (χ0n) is 11.3. The minimum absolute atomic E-state index is 0.0663. The van der Waals surface area contributed by atoms with Crippen molar-refractivity contribution in [3.8, 4) is 11.8 Å². The molecule has 0 aromatic heterocycles. The zero-order chi connectivity index (χ0) is 15.0. The van der Waals surface area contributed by atoms with Crippen molar-refractivity contribution in [1.29, 1.82) is 0 Å². The molecule has 0 spiro atoms. The standard InChI is InChI=1S/C14H15NO4S/c1-14(2)13(17)15(20(14,18)19)12-9-4-3-7-11(12)8-5-6-10-16/h3-4,7,9,16H,6,10H2,1-2H3. The van der Waals surface area contributed by atoms with Crippen LogP contribution in [-0.4, -0.2) is 30.8 Å². The molecule has 1 aromatic rings. The lowest BCUT2D eigenvalue weighted by atomic mass is 10.1. The number of anilines is 1. The smallest absolute Gasteiger partial charge is 0.263 e. The molecule has 0 unspecified atom stereocenters. The molecule has 1 aromatic carbocycles. The summed E-state index contributed by atoms with van der Waals surface area (Å²) in [5.41, 5.74) is 0.718. The average Bonchev–Trinajstić information content (AvgIpc) is 2.40. The Bertz CT molecular complexity index is 710. The first kappa shape index (κ1) is 14.6. The summed E-state index contributed by atoms with van der Waals surface area (Å²) in [5.74, 6) is 5.04. The van der Waals surface area contributed by atoms with E-state index in [4.69, 9.17) is 5.11 Å². The predicted molar refractivity (Wildman–Crippen MR) is 75.5 cm³/mol. The van der Waals surface area contributed by atoms with Crippen LogP contribution in [0, 0.1) is 11.8 Å². The van der Waals surface area contributed by atoms with Gasteiger partial charge in [-0.2, -0.15) is 0 Å². The van der Waals surface area contributed by atoms with E-state index in [0.717, 1.165) is 4.31 Å². The van der Waals surface area contributed by atoms with Crippen LogP contribution in [0.25, 0.3) is 0 Å². The minimum Gasteiger partial charge on any atom is -0.395 e. The highest BCUT2D eigenvalue weighted by molar-refractivity contribution is 7.98. The fraction of sp³-hybridized carbons (Fsp3) is 0.357. The van der Waals surface area contributed by atoms with E-state index in [1.165, 1.54) is 13.8 Å². The Morgan fingerprint density at radius 2 is 1.95 bits per heavy atom. The summed E-state index contributed by atoms with van der Waals surface area (Å²) >= 11 is 0. The lowest BCUT2D eigenvalue weighted by Gasteiger charge is -2.43. The first-order valence-corrected chi connectivity index (χ1v) is 7.56. The van der Waals surface area contributed by atoms with E-state index in [1.54, 1.807) is 24.3 Å². The van der Waals surface area contributed by atoms with Crippen molar-refractivity contribution in [3.05, 3.63) is 29.8 Å². The number of amides is 1. The van der Waals surface area contributed by atoms with Crippen LogP contribution in [0.15, 0.2) is 24.3 Å². The van der Waals surface area contributed by atoms with E-state index in [1.807, 2.05) is 0 Å². The number of nitrogens with zero attached hydrogens (tertiary/aromatic N) is 1. The first-order chi connectivity index (χ1) is 9.34. The lowest BCUT2D eigenvalue weighted by Crippen LogP contribution is -2.67. The van der Waals surface area contributed by atoms with Crippen LogP contribution in [0.4, 0.5) is 5.69 Å². The van der Waals surface area contributed by atoms with Crippen LogP contribution in [-0.2, 0) is 14.8 Å². The molecule has 0 saturated carbocycles. The molecule has 2 rings (SSSR count). The highest BCUT2D eigenvalue weighted by Gasteiger charge is 2.61. The van der Waals surface area contributed by atoms with Gasteiger partial charge in [0.1, 0.15) is 0 Å². The number of benzene rings is 1. The Morgan fingerprint density at radius 1 is 1.30 bits per heavy atom. The summed E-state index contributed by atoms with van der Waals surface area (Å²) in [6.45, 7) is 2.71. The summed E-state index contributed by atoms with van der Waals surface area (Å²) in [7, 11) is -3.69. The Kier molecular flexibility index (Phi) is 3.59. The summed E-state index contributed by atoms with van der Waals surface area (Å²) in [6, 6.07) is 6.57. The number of carbonyl (C=O) groups is 1. The van der Waals surface area contributed by atoms with Gasteiger partial charge in [-0.3, -0.25) is 4.79 Å². The van der Waals surface area contributed by atoms with Gasteiger partial charge in [0.2, 0.25) is 0 Å². The van der Waals surface area contributed by atoms with Crippen LogP contribution in [0.1, 0.15) is 25.8 Å². The topological polar surface area (TPSA) is 74.7 Å². The summed E-state index contributed by atoms with van der Waals surface area (Å²) in [5, 5.41) is 8.71. The molecule has 1 amide bonds. The number of aliphatic hydroxyl groups excluding tert-OH is 1. The normalized spacial score (nSPS) is 18.9. The number of aliphatic hydroxyl groups is 1. The second-order valence-corrected chi connectivity index (χ2v) is 7.21. The van der Waals surface area contributed by atoms with Gasteiger partial charge in [0.15, 0.2) is 4.75 Å². The fourth-order valence-corrected chi connectivity index (χ4v) is 3.36. The second kappa shape index (κ2) is 4.93. The predicted octanol–water partition coefficient (Wildman–Crippen LogP) is 0.875. The maximum atomic E-state index is 12.2. The molecule has 0 bridgehead atoms. The van der Waals surface area contributed by atoms with Crippen LogP contribution in [0.3, 0.4) is 0 Å². The number of sulfonamides is 1. The maximum Gasteiger partial charge on any atom is 0.263 e. The van der Waals surface area contributed by atoms with Gasteiger partial charge in [-0.15, -0.1) is 0 Å². The molecule has 0 aliphatic carbocycles. The van der Waals surface area contributed by atoms with Crippen LogP contribution >= 0.6 is 0 Å². The molecule has 1 aliphatic rings. The Hall–Kier alpha value is -1.84. The van der Waals surface area contributed by atoms with Crippen LogP contribution in [0.5, 0.6) is 0 Å². The molecule has 20 heavy (non-hydrogen) atoms. The van der Waals surface area contributed by atoms with Gasteiger partial charge in [-0.1, -0.05) is 24.0 Å². The molecule has 1 heterocycles. The van der Waals surface area contributed by atoms with Gasteiger partial charge in [0.05, 0.1) is 12.3 Å². The van der Waals surface area contributed by atoms with Gasteiger partial charge >= 0.3 is 0 Å². The van der Waals surface area contributed by atoms with Gasteiger partial charge in [-0.05, 0) is 26.0 Å². The second-order valence-electron chi connectivity index (χ2n) is 4.88. The van der Waals surface area contributed by atoms with Crippen molar-refractivity contribution < 1.29 is 18.3 Å². The van der Waals surface area contributed by atoms with Crippen molar-refractivity contribution >= 4 is 21.6 Å². The fourth-order valence-electron chi connectivity index (χ4n) is 1.86. The Balaban J connectivity index is 2.47. The van der Waals surface area contributed by atoms with E-state index in [-0.39, 0.29) is 12.3 Å². The highest BCUT2D eigenvalue weighted by atomic mass is 32.2. The van der Waals surface area contributed by atoms with Crippen molar-refractivity contribution in [2.45, 2.75) is 25.0 Å². The number of rotatable bonds is 2. The van der Waals surface area contributed by atoms with Crippen LogP contribution in [0.2, 0.25) is 0 Å². The molecule has 1 saturated heterocycles. The van der Waals surface area contributed by atoms with Gasteiger partial charge in [0.25, 0.3) is 15.9 Å². The van der Waals surface area contributed by atoms with Gasteiger partial charge in [0, 0.05) is 12.0 Å². The number of hydrogen-bond acceptors (Lipinski definition) is 4. The van der Waals surface area contributed by atoms with Gasteiger partial charge in [-0.25, -0.2) is 12.7 Å². The molecule has 106 valence electrons. The highest BCUT2D eigenvalue weighted by Crippen LogP contribution is 2.40. The Labute approximate surface area is 118 Å². The zero-order valence-corrected chi connectivity index (χ0v) is 12.1.